The highest BCUT2D eigenvalue weighted by atomic mass is 32.1. The Bertz CT molecular complexity index is 730. The van der Waals surface area contributed by atoms with E-state index in [1.165, 1.54) is 12.1 Å². The van der Waals surface area contributed by atoms with Crippen molar-refractivity contribution in [1.29, 1.82) is 0 Å². The third-order valence-corrected chi connectivity index (χ3v) is 4.71. The van der Waals surface area contributed by atoms with Crippen LogP contribution in [0.5, 0.6) is 0 Å². The van der Waals surface area contributed by atoms with Crippen molar-refractivity contribution in [3.8, 4) is 0 Å². The van der Waals surface area contributed by atoms with Gasteiger partial charge in [-0.25, -0.2) is 13.8 Å². The van der Waals surface area contributed by atoms with E-state index in [-0.39, 0.29) is 5.92 Å². The summed E-state index contributed by atoms with van der Waals surface area (Å²) in [5, 5.41) is 9.27. The van der Waals surface area contributed by atoms with Crippen LogP contribution in [-0.2, 0) is 6.54 Å². The normalized spacial score (nSPS) is 12.8. The molecule has 0 spiro atoms. The first kappa shape index (κ1) is 19.1. The minimum Gasteiger partial charge on any atom is -0.356 e. The van der Waals surface area contributed by atoms with E-state index in [0.717, 1.165) is 16.9 Å². The first-order valence-electron chi connectivity index (χ1n) is 7.92. The zero-order valence-electron chi connectivity index (χ0n) is 14.8. The second-order valence-electron chi connectivity index (χ2n) is 5.89. The first-order valence-corrected chi connectivity index (χ1v) is 8.80. The van der Waals surface area contributed by atoms with E-state index in [4.69, 9.17) is 0 Å². The molecule has 0 bridgehead atoms. The number of anilines is 1. The van der Waals surface area contributed by atoms with Crippen LogP contribution in [0.2, 0.25) is 0 Å². The van der Waals surface area contributed by atoms with Crippen LogP contribution in [-0.4, -0.2) is 38.6 Å². The summed E-state index contributed by atoms with van der Waals surface area (Å²) in [6, 6.07) is 3.65. The number of hydrogen-bond acceptors (Lipinski definition) is 4. The standard InChI is InChI=1S/C17H23F2N5S/c1-11(14-6-5-12(18)7-15(14)19)8-21-16(20-2)22-9-13-10-25-17(23-13)24(3)4/h5-7,10-11H,8-9H2,1-4H3,(H2,20,21,22). The van der Waals surface area contributed by atoms with Crippen LogP contribution in [0.15, 0.2) is 28.6 Å². The van der Waals surface area contributed by atoms with Crippen LogP contribution in [0.4, 0.5) is 13.9 Å². The monoisotopic (exact) mass is 367 g/mol. The number of rotatable bonds is 6. The molecule has 0 fully saturated rings. The van der Waals surface area contributed by atoms with Gasteiger partial charge in [0.1, 0.15) is 11.6 Å². The molecule has 8 heteroatoms. The van der Waals surface area contributed by atoms with E-state index in [1.807, 2.05) is 31.3 Å². The smallest absolute Gasteiger partial charge is 0.191 e. The number of nitrogens with one attached hydrogen (secondary N) is 2. The molecule has 1 heterocycles. The molecule has 2 rings (SSSR count). The lowest BCUT2D eigenvalue weighted by atomic mass is 10.0. The Hall–Kier alpha value is -2.22. The molecule has 0 saturated carbocycles. The van der Waals surface area contributed by atoms with E-state index in [2.05, 4.69) is 20.6 Å². The third-order valence-electron chi connectivity index (χ3n) is 3.65. The zero-order valence-corrected chi connectivity index (χ0v) is 15.6. The third kappa shape index (κ3) is 5.38. The Morgan fingerprint density at radius 1 is 1.32 bits per heavy atom. The molecule has 2 aromatic rings. The summed E-state index contributed by atoms with van der Waals surface area (Å²) >= 11 is 1.58. The topological polar surface area (TPSA) is 52.6 Å². The number of guanidine groups is 1. The molecule has 0 amide bonds. The van der Waals surface area contributed by atoms with Crippen LogP contribution >= 0.6 is 11.3 Å². The maximum atomic E-state index is 13.8. The van der Waals surface area contributed by atoms with E-state index in [0.29, 0.717) is 24.6 Å². The van der Waals surface area contributed by atoms with Gasteiger partial charge in [-0.05, 0) is 11.6 Å². The van der Waals surface area contributed by atoms with Crippen molar-refractivity contribution in [1.82, 2.24) is 15.6 Å². The van der Waals surface area contributed by atoms with Gasteiger partial charge in [0.2, 0.25) is 0 Å². The van der Waals surface area contributed by atoms with Crippen molar-refractivity contribution < 1.29 is 8.78 Å². The van der Waals surface area contributed by atoms with Crippen LogP contribution in [0.3, 0.4) is 0 Å². The van der Waals surface area contributed by atoms with Gasteiger partial charge in [0.25, 0.3) is 0 Å². The largest absolute Gasteiger partial charge is 0.356 e. The highest BCUT2D eigenvalue weighted by molar-refractivity contribution is 7.13. The molecule has 1 unspecified atom stereocenters. The van der Waals surface area contributed by atoms with Crippen molar-refractivity contribution in [2.75, 3.05) is 32.6 Å². The van der Waals surface area contributed by atoms with E-state index in [1.54, 1.807) is 18.4 Å². The van der Waals surface area contributed by atoms with Crippen molar-refractivity contribution in [2.24, 2.45) is 4.99 Å². The Morgan fingerprint density at radius 2 is 2.08 bits per heavy atom. The molecule has 0 saturated heterocycles. The number of benzene rings is 1. The van der Waals surface area contributed by atoms with Gasteiger partial charge in [0.05, 0.1) is 12.2 Å². The quantitative estimate of drug-likeness (QED) is 0.609. The lowest BCUT2D eigenvalue weighted by Gasteiger charge is -2.16. The molecule has 1 aromatic heterocycles. The minimum absolute atomic E-state index is 0.126. The van der Waals surface area contributed by atoms with Gasteiger partial charge in [-0.1, -0.05) is 13.0 Å². The Morgan fingerprint density at radius 3 is 2.68 bits per heavy atom. The molecule has 0 radical (unpaired) electrons. The number of hydrogen-bond donors (Lipinski definition) is 2. The molecule has 5 nitrogen and oxygen atoms in total. The summed E-state index contributed by atoms with van der Waals surface area (Å²) in [6.07, 6.45) is 0. The van der Waals surface area contributed by atoms with Gasteiger partial charge in [0.15, 0.2) is 11.1 Å². The Kier molecular flexibility index (Phi) is 6.69. The predicted molar refractivity (Wildman–Crippen MR) is 99.4 cm³/mol. The van der Waals surface area contributed by atoms with Crippen LogP contribution in [0, 0.1) is 11.6 Å². The average Bonchev–Trinajstić information content (AvgIpc) is 3.04. The van der Waals surface area contributed by atoms with Crippen LogP contribution in [0.25, 0.3) is 0 Å². The Balaban J connectivity index is 1.87. The van der Waals surface area contributed by atoms with Crippen molar-refractivity contribution in [3.63, 3.8) is 0 Å². The second-order valence-corrected chi connectivity index (χ2v) is 6.73. The zero-order chi connectivity index (χ0) is 18.4. The van der Waals surface area contributed by atoms with Gasteiger partial charge >= 0.3 is 0 Å². The van der Waals surface area contributed by atoms with E-state index >= 15 is 0 Å². The van der Waals surface area contributed by atoms with Crippen molar-refractivity contribution in [3.05, 3.63) is 46.5 Å². The summed E-state index contributed by atoms with van der Waals surface area (Å²) in [4.78, 5) is 10.6. The fourth-order valence-electron chi connectivity index (χ4n) is 2.24. The summed E-state index contributed by atoms with van der Waals surface area (Å²) in [7, 11) is 5.57. The highest BCUT2D eigenvalue weighted by Crippen LogP contribution is 2.19. The number of halogens is 2. The first-order chi connectivity index (χ1) is 11.9. The molecule has 1 aromatic carbocycles. The molecular formula is C17H23F2N5S. The molecule has 0 aliphatic rings. The van der Waals surface area contributed by atoms with E-state index in [9.17, 15) is 8.78 Å². The molecule has 0 aliphatic carbocycles. The van der Waals surface area contributed by atoms with Crippen molar-refractivity contribution >= 4 is 22.4 Å². The fraction of sp³-hybridized carbons (Fsp3) is 0.412. The average molecular weight is 367 g/mol. The summed E-state index contributed by atoms with van der Waals surface area (Å²) in [5.74, 6) is -0.622. The minimum atomic E-state index is -0.570. The van der Waals surface area contributed by atoms with Crippen LogP contribution in [0.1, 0.15) is 24.1 Å². The molecular weight excluding hydrogens is 344 g/mol. The van der Waals surface area contributed by atoms with Gasteiger partial charge in [-0.15, -0.1) is 11.3 Å². The number of nitrogens with zero attached hydrogens (tertiary/aromatic N) is 3. The number of thiazole rings is 1. The van der Waals surface area contributed by atoms with E-state index < -0.39 is 11.6 Å². The second kappa shape index (κ2) is 8.75. The number of aromatic nitrogens is 1. The van der Waals surface area contributed by atoms with Crippen molar-refractivity contribution in [2.45, 2.75) is 19.4 Å². The maximum Gasteiger partial charge on any atom is 0.191 e. The van der Waals surface area contributed by atoms with Crippen LogP contribution < -0.4 is 15.5 Å². The lowest BCUT2D eigenvalue weighted by molar-refractivity contribution is 0.556. The fourth-order valence-corrected chi connectivity index (χ4v) is 3.00. The molecule has 2 N–H and O–H groups in total. The highest BCUT2D eigenvalue weighted by Gasteiger charge is 2.12. The summed E-state index contributed by atoms with van der Waals surface area (Å²) < 4.78 is 26.8. The summed E-state index contributed by atoms with van der Waals surface area (Å²) in [6.45, 7) is 2.89. The predicted octanol–water partition coefficient (Wildman–Crippen LogP) is 2.96. The van der Waals surface area contributed by atoms with Gasteiger partial charge in [-0.3, -0.25) is 4.99 Å². The summed E-state index contributed by atoms with van der Waals surface area (Å²) in [5.41, 5.74) is 1.40. The molecule has 25 heavy (non-hydrogen) atoms. The maximum absolute atomic E-state index is 13.8. The molecule has 136 valence electrons. The van der Waals surface area contributed by atoms with Gasteiger partial charge in [-0.2, -0.15) is 0 Å². The SMILES string of the molecule is CN=C(NCc1csc(N(C)C)n1)NCC(C)c1ccc(F)cc1F. The Labute approximate surface area is 150 Å². The molecule has 1 atom stereocenters. The lowest BCUT2D eigenvalue weighted by Crippen LogP contribution is -2.38. The van der Waals surface area contributed by atoms with Gasteiger partial charge in [0, 0.05) is 45.1 Å². The number of aliphatic imine (C=N–C) groups is 1. The van der Waals surface area contributed by atoms with Gasteiger partial charge < -0.3 is 15.5 Å². The molecule has 0 aliphatic heterocycles.